The Morgan fingerprint density at radius 2 is 2.00 bits per heavy atom. The van der Waals surface area contributed by atoms with Crippen molar-refractivity contribution in [3.63, 3.8) is 0 Å². The molecule has 28 heavy (non-hydrogen) atoms. The Bertz CT molecular complexity index is 987. The van der Waals surface area contributed by atoms with Crippen molar-refractivity contribution in [2.75, 3.05) is 19.0 Å². The molecule has 0 bridgehead atoms. The number of hydrogen-bond donors (Lipinski definition) is 2. The lowest BCUT2D eigenvalue weighted by molar-refractivity contribution is 0.0525. The average Bonchev–Trinajstić information content (AvgIpc) is 2.93. The maximum atomic E-state index is 12.3. The fraction of sp³-hybridized carbons (Fsp3) is 0.400. The smallest absolute Gasteiger partial charge is 0.341 e. The number of aromatic nitrogens is 4. The van der Waals surface area contributed by atoms with Crippen molar-refractivity contribution >= 4 is 28.0 Å². The molecular weight excluding hydrogens is 392 g/mol. The fourth-order valence-corrected chi connectivity index (χ4v) is 3.18. The number of esters is 1. The van der Waals surface area contributed by atoms with E-state index in [9.17, 15) is 18.0 Å². The van der Waals surface area contributed by atoms with Crippen LogP contribution in [0.3, 0.4) is 0 Å². The number of carbonyl (C=O) groups is 2. The SMILES string of the molecule is CCOC(=O)c1cn(C)nc1CS(=O)(=O)NC(=O)Nc1nc(C)cc(OC)n1. The molecule has 0 atom stereocenters. The highest BCUT2D eigenvalue weighted by Gasteiger charge is 2.24. The van der Waals surface area contributed by atoms with Gasteiger partial charge in [0.25, 0.3) is 0 Å². The molecule has 0 aromatic carbocycles. The van der Waals surface area contributed by atoms with Crippen molar-refractivity contribution in [1.82, 2.24) is 24.5 Å². The molecule has 0 spiro atoms. The molecule has 0 aliphatic heterocycles. The molecule has 13 heteroatoms. The summed E-state index contributed by atoms with van der Waals surface area (Å²) in [5.41, 5.74) is 0.467. The summed E-state index contributed by atoms with van der Waals surface area (Å²) in [5.74, 6) is -1.33. The summed E-state index contributed by atoms with van der Waals surface area (Å²) in [6.07, 6.45) is 1.34. The van der Waals surface area contributed by atoms with Crippen molar-refractivity contribution in [1.29, 1.82) is 0 Å². The van der Waals surface area contributed by atoms with Crippen molar-refractivity contribution in [3.8, 4) is 5.88 Å². The number of nitrogens with one attached hydrogen (secondary N) is 2. The topological polar surface area (TPSA) is 154 Å². The molecule has 2 heterocycles. The number of amides is 2. The maximum Gasteiger partial charge on any atom is 0.341 e. The lowest BCUT2D eigenvalue weighted by Crippen LogP contribution is -2.36. The summed E-state index contributed by atoms with van der Waals surface area (Å²) in [6, 6.07) is 0.471. The van der Waals surface area contributed by atoms with Gasteiger partial charge in [0.1, 0.15) is 11.3 Å². The van der Waals surface area contributed by atoms with Crippen LogP contribution in [-0.4, -0.2) is 53.9 Å². The van der Waals surface area contributed by atoms with Gasteiger partial charge in [-0.25, -0.2) is 27.7 Å². The third-order valence-electron chi connectivity index (χ3n) is 3.24. The Kier molecular flexibility index (Phi) is 6.51. The largest absolute Gasteiger partial charge is 0.481 e. The minimum atomic E-state index is -4.17. The molecule has 2 N–H and O–H groups in total. The Balaban J connectivity index is 2.11. The molecular formula is C15H20N6O6S. The van der Waals surface area contributed by atoms with E-state index in [1.807, 2.05) is 4.72 Å². The second-order valence-electron chi connectivity index (χ2n) is 5.57. The highest BCUT2D eigenvalue weighted by molar-refractivity contribution is 7.89. The van der Waals surface area contributed by atoms with Crippen LogP contribution in [0.4, 0.5) is 10.7 Å². The molecule has 0 saturated heterocycles. The van der Waals surface area contributed by atoms with Gasteiger partial charge in [-0.05, 0) is 13.8 Å². The van der Waals surface area contributed by atoms with E-state index in [0.29, 0.717) is 5.69 Å². The van der Waals surface area contributed by atoms with Gasteiger partial charge in [0.2, 0.25) is 21.9 Å². The van der Waals surface area contributed by atoms with E-state index < -0.39 is 27.8 Å². The summed E-state index contributed by atoms with van der Waals surface area (Å²) >= 11 is 0. The van der Waals surface area contributed by atoms with Gasteiger partial charge in [0, 0.05) is 25.0 Å². The first-order valence-corrected chi connectivity index (χ1v) is 9.69. The van der Waals surface area contributed by atoms with Crippen LogP contribution in [0.5, 0.6) is 5.88 Å². The lowest BCUT2D eigenvalue weighted by atomic mass is 10.3. The molecule has 12 nitrogen and oxygen atoms in total. The number of aryl methyl sites for hydroxylation is 2. The van der Waals surface area contributed by atoms with Crippen LogP contribution in [0.15, 0.2) is 12.3 Å². The molecule has 0 fully saturated rings. The quantitative estimate of drug-likeness (QED) is 0.613. The summed E-state index contributed by atoms with van der Waals surface area (Å²) in [4.78, 5) is 31.8. The van der Waals surface area contributed by atoms with Crippen molar-refractivity contribution in [2.45, 2.75) is 19.6 Å². The zero-order valence-electron chi connectivity index (χ0n) is 15.7. The van der Waals surface area contributed by atoms with Gasteiger partial charge >= 0.3 is 12.0 Å². The zero-order valence-corrected chi connectivity index (χ0v) is 16.5. The van der Waals surface area contributed by atoms with Crippen LogP contribution >= 0.6 is 0 Å². The molecule has 2 rings (SSSR count). The van der Waals surface area contributed by atoms with Gasteiger partial charge in [-0.2, -0.15) is 10.1 Å². The lowest BCUT2D eigenvalue weighted by Gasteiger charge is -2.09. The van der Waals surface area contributed by atoms with E-state index in [4.69, 9.17) is 9.47 Å². The van der Waals surface area contributed by atoms with E-state index in [1.165, 1.54) is 31.1 Å². The number of sulfonamides is 1. The molecule has 2 amide bonds. The van der Waals surface area contributed by atoms with E-state index >= 15 is 0 Å². The standard InChI is InChI=1S/C15H20N6O6S/c1-5-27-13(22)10-7-21(3)19-11(10)8-28(24,25)20-15(23)18-14-16-9(2)6-12(17-14)26-4/h6-7H,5,8H2,1-4H3,(H2,16,17,18,20,23). The minimum Gasteiger partial charge on any atom is -0.481 e. The molecule has 0 radical (unpaired) electrons. The first kappa shape index (κ1) is 21.1. The second-order valence-corrected chi connectivity index (χ2v) is 7.30. The van der Waals surface area contributed by atoms with E-state index in [0.717, 1.165) is 0 Å². The molecule has 0 saturated carbocycles. The van der Waals surface area contributed by atoms with Gasteiger partial charge in [0.05, 0.1) is 19.4 Å². The van der Waals surface area contributed by atoms with Crippen LogP contribution in [-0.2, 0) is 27.6 Å². The second kappa shape index (κ2) is 8.65. The highest BCUT2D eigenvalue weighted by atomic mass is 32.2. The normalized spacial score (nSPS) is 11.0. The van der Waals surface area contributed by atoms with Gasteiger partial charge < -0.3 is 9.47 Å². The van der Waals surface area contributed by atoms with Crippen LogP contribution in [0.1, 0.15) is 28.7 Å². The Morgan fingerprint density at radius 1 is 1.29 bits per heavy atom. The average molecular weight is 412 g/mol. The van der Waals surface area contributed by atoms with Crippen molar-refractivity contribution in [3.05, 3.63) is 29.2 Å². The third-order valence-corrected chi connectivity index (χ3v) is 4.39. The molecule has 0 unspecified atom stereocenters. The zero-order chi connectivity index (χ0) is 20.9. The molecule has 0 aliphatic carbocycles. The van der Waals surface area contributed by atoms with Gasteiger partial charge in [-0.3, -0.25) is 10.00 Å². The monoisotopic (exact) mass is 412 g/mol. The van der Waals surface area contributed by atoms with Crippen LogP contribution in [0, 0.1) is 6.92 Å². The van der Waals surface area contributed by atoms with Crippen LogP contribution in [0.2, 0.25) is 0 Å². The Labute approximate surface area is 161 Å². The first-order valence-electron chi connectivity index (χ1n) is 8.04. The van der Waals surface area contributed by atoms with Gasteiger partial charge in [0.15, 0.2) is 0 Å². The summed E-state index contributed by atoms with van der Waals surface area (Å²) in [6.45, 7) is 3.40. The summed E-state index contributed by atoms with van der Waals surface area (Å²) in [5, 5.41) is 6.16. The maximum absolute atomic E-state index is 12.3. The number of nitrogens with zero attached hydrogens (tertiary/aromatic N) is 4. The van der Waals surface area contributed by atoms with Gasteiger partial charge in [-0.1, -0.05) is 0 Å². The Morgan fingerprint density at radius 3 is 2.64 bits per heavy atom. The van der Waals surface area contributed by atoms with Crippen molar-refractivity contribution < 1.29 is 27.5 Å². The third kappa shape index (κ3) is 5.64. The number of hydrogen-bond acceptors (Lipinski definition) is 9. The molecule has 0 aliphatic rings. The van der Waals surface area contributed by atoms with Gasteiger partial charge in [-0.15, -0.1) is 0 Å². The minimum absolute atomic E-state index is 0.00175. The molecule has 152 valence electrons. The fourth-order valence-electron chi connectivity index (χ4n) is 2.20. The highest BCUT2D eigenvalue weighted by Crippen LogP contribution is 2.13. The summed E-state index contributed by atoms with van der Waals surface area (Å²) in [7, 11) is -1.25. The number of rotatable bonds is 7. The molecule has 2 aromatic rings. The van der Waals surface area contributed by atoms with E-state index in [2.05, 4.69) is 20.4 Å². The van der Waals surface area contributed by atoms with Crippen molar-refractivity contribution in [2.24, 2.45) is 7.05 Å². The molecule has 2 aromatic heterocycles. The number of methoxy groups -OCH3 is 1. The predicted molar refractivity (Wildman–Crippen MR) is 97.3 cm³/mol. The predicted octanol–water partition coefficient (Wildman–Crippen LogP) is 0.355. The first-order chi connectivity index (χ1) is 13.1. The number of ether oxygens (including phenoxy) is 2. The van der Waals surface area contributed by atoms with Crippen LogP contribution < -0.4 is 14.8 Å². The number of urea groups is 1. The summed E-state index contributed by atoms with van der Waals surface area (Å²) < 4.78 is 37.5. The number of anilines is 1. The van der Waals surface area contributed by atoms with E-state index in [1.54, 1.807) is 13.8 Å². The number of carbonyl (C=O) groups excluding carboxylic acids is 2. The van der Waals surface area contributed by atoms with Crippen LogP contribution in [0.25, 0.3) is 0 Å². The Hall–Kier alpha value is -3.22. The van der Waals surface area contributed by atoms with E-state index in [-0.39, 0.29) is 29.7 Å².